The molecule has 0 aromatic heterocycles. The number of methoxy groups -OCH3 is 1. The summed E-state index contributed by atoms with van der Waals surface area (Å²) in [5.74, 6) is -1.12. The van der Waals surface area contributed by atoms with Crippen LogP contribution in [-0.4, -0.2) is 24.1 Å². The highest BCUT2D eigenvalue weighted by molar-refractivity contribution is 5.98. The largest absolute Gasteiger partial charge is 0.507 e. The summed E-state index contributed by atoms with van der Waals surface area (Å²) >= 11 is 0. The molecule has 0 radical (unpaired) electrons. The highest BCUT2D eigenvalue weighted by Crippen LogP contribution is 2.19. The average Bonchev–Trinajstić information content (AvgIpc) is 2.52. The molecule has 6 nitrogen and oxygen atoms in total. The minimum absolute atomic E-state index is 0.0152. The van der Waals surface area contributed by atoms with Crippen molar-refractivity contribution in [2.24, 2.45) is 0 Å². The summed E-state index contributed by atoms with van der Waals surface area (Å²) in [6, 6.07) is 12.5. The highest BCUT2D eigenvalue weighted by Gasteiger charge is 2.15. The first-order valence-corrected chi connectivity index (χ1v) is 6.05. The molecule has 0 unspecified atom stereocenters. The molecule has 0 atom stereocenters. The van der Waals surface area contributed by atoms with Crippen molar-refractivity contribution in [2.75, 3.05) is 7.11 Å². The van der Waals surface area contributed by atoms with Crippen LogP contribution in [0.2, 0.25) is 0 Å². The molecule has 6 heteroatoms. The Morgan fingerprint density at radius 3 is 2.43 bits per heavy atom. The van der Waals surface area contributed by atoms with Gasteiger partial charge in [-0.25, -0.2) is 4.79 Å². The molecule has 0 aliphatic heterocycles. The van der Waals surface area contributed by atoms with Crippen molar-refractivity contribution in [2.45, 2.75) is 0 Å². The predicted molar refractivity (Wildman–Crippen MR) is 74.0 cm³/mol. The topological polar surface area (TPSA) is 84.9 Å². The summed E-state index contributed by atoms with van der Waals surface area (Å²) in [6.45, 7) is 0. The Labute approximate surface area is 120 Å². The van der Waals surface area contributed by atoms with E-state index in [-0.39, 0.29) is 16.9 Å². The van der Waals surface area contributed by atoms with E-state index in [4.69, 9.17) is 4.84 Å². The summed E-state index contributed by atoms with van der Waals surface area (Å²) in [4.78, 5) is 28.2. The molecule has 1 amide bonds. The fraction of sp³-hybridized carbons (Fsp3) is 0.0667. The fourth-order valence-corrected chi connectivity index (χ4v) is 1.62. The molecule has 0 saturated heterocycles. The van der Waals surface area contributed by atoms with E-state index in [2.05, 4.69) is 10.2 Å². The van der Waals surface area contributed by atoms with Gasteiger partial charge < -0.3 is 14.7 Å². The molecular formula is C15H13NO5. The Morgan fingerprint density at radius 2 is 1.81 bits per heavy atom. The standard InChI is InChI=1S/C15H13NO5/c1-20-15(19)10-7-8-12(13(17)9-10)14(18)16-21-11-5-3-2-4-6-11/h2-9,17H,1H3,(H,16,18). The van der Waals surface area contributed by atoms with Crippen molar-refractivity contribution in [3.63, 3.8) is 0 Å². The van der Waals surface area contributed by atoms with E-state index in [1.54, 1.807) is 24.3 Å². The van der Waals surface area contributed by atoms with Crippen molar-refractivity contribution in [3.8, 4) is 11.5 Å². The number of aromatic hydroxyl groups is 1. The summed E-state index contributed by atoms with van der Waals surface area (Å²) in [5.41, 5.74) is 2.34. The minimum Gasteiger partial charge on any atom is -0.507 e. The summed E-state index contributed by atoms with van der Waals surface area (Å²) < 4.78 is 4.52. The van der Waals surface area contributed by atoms with Crippen molar-refractivity contribution in [1.29, 1.82) is 0 Å². The summed E-state index contributed by atoms with van der Waals surface area (Å²) in [5, 5.41) is 9.78. The van der Waals surface area contributed by atoms with Gasteiger partial charge in [-0.3, -0.25) is 4.79 Å². The first kappa shape index (κ1) is 14.4. The lowest BCUT2D eigenvalue weighted by molar-refractivity contribution is 0.0599. The van der Waals surface area contributed by atoms with E-state index in [0.29, 0.717) is 5.75 Å². The van der Waals surface area contributed by atoms with Crippen molar-refractivity contribution >= 4 is 11.9 Å². The lowest BCUT2D eigenvalue weighted by atomic mass is 10.1. The number of nitrogens with one attached hydrogen (secondary N) is 1. The molecule has 0 heterocycles. The molecular weight excluding hydrogens is 274 g/mol. The van der Waals surface area contributed by atoms with Crippen LogP contribution in [0.25, 0.3) is 0 Å². The zero-order valence-electron chi connectivity index (χ0n) is 11.2. The Bertz CT molecular complexity index is 654. The number of rotatable bonds is 4. The number of amides is 1. The van der Waals surface area contributed by atoms with Gasteiger partial charge in [0.2, 0.25) is 0 Å². The maximum absolute atomic E-state index is 11.9. The van der Waals surface area contributed by atoms with E-state index in [1.165, 1.54) is 19.2 Å². The van der Waals surface area contributed by atoms with Crippen LogP contribution >= 0.6 is 0 Å². The van der Waals surface area contributed by atoms with Gasteiger partial charge in [-0.2, -0.15) is 5.48 Å². The number of hydrogen-bond donors (Lipinski definition) is 2. The predicted octanol–water partition coefficient (Wildman–Crippen LogP) is 1.90. The second-order valence-electron chi connectivity index (χ2n) is 4.07. The highest BCUT2D eigenvalue weighted by atomic mass is 16.7. The van der Waals surface area contributed by atoms with Crippen LogP contribution in [0.15, 0.2) is 48.5 Å². The van der Waals surface area contributed by atoms with Crippen LogP contribution < -0.4 is 10.3 Å². The fourth-order valence-electron chi connectivity index (χ4n) is 1.62. The van der Waals surface area contributed by atoms with Gasteiger partial charge in [0.15, 0.2) is 5.75 Å². The Morgan fingerprint density at radius 1 is 1.10 bits per heavy atom. The Hall–Kier alpha value is -3.02. The van der Waals surface area contributed by atoms with Gasteiger partial charge >= 0.3 is 5.97 Å². The molecule has 2 rings (SSSR count). The molecule has 0 bridgehead atoms. The summed E-state index contributed by atoms with van der Waals surface area (Å²) in [6.07, 6.45) is 0. The number of esters is 1. The van der Waals surface area contributed by atoms with Crippen LogP contribution in [-0.2, 0) is 4.74 Å². The molecule has 0 saturated carbocycles. The molecule has 0 aliphatic carbocycles. The second-order valence-corrected chi connectivity index (χ2v) is 4.07. The third kappa shape index (κ3) is 3.50. The third-order valence-corrected chi connectivity index (χ3v) is 2.67. The van der Waals surface area contributed by atoms with Crippen LogP contribution in [0.4, 0.5) is 0 Å². The summed E-state index contributed by atoms with van der Waals surface area (Å²) in [7, 11) is 1.23. The maximum atomic E-state index is 11.9. The minimum atomic E-state index is -0.632. The molecule has 0 spiro atoms. The smallest absolute Gasteiger partial charge is 0.337 e. The molecule has 0 fully saturated rings. The number of carbonyl (C=O) groups excluding carboxylic acids is 2. The van der Waals surface area contributed by atoms with Gasteiger partial charge in [-0.1, -0.05) is 18.2 Å². The Balaban J connectivity index is 2.07. The van der Waals surface area contributed by atoms with E-state index in [9.17, 15) is 14.7 Å². The van der Waals surface area contributed by atoms with Crippen LogP contribution in [0, 0.1) is 0 Å². The molecule has 108 valence electrons. The first-order valence-electron chi connectivity index (χ1n) is 6.05. The number of phenolic OH excluding ortho intramolecular Hbond substituents is 1. The zero-order chi connectivity index (χ0) is 15.2. The van der Waals surface area contributed by atoms with Gasteiger partial charge in [0.05, 0.1) is 18.2 Å². The van der Waals surface area contributed by atoms with Gasteiger partial charge in [0.25, 0.3) is 5.91 Å². The molecule has 2 N–H and O–H groups in total. The van der Waals surface area contributed by atoms with Gasteiger partial charge in [-0.05, 0) is 30.3 Å². The number of para-hydroxylation sites is 1. The zero-order valence-corrected chi connectivity index (χ0v) is 11.2. The monoisotopic (exact) mass is 287 g/mol. The molecule has 2 aromatic carbocycles. The van der Waals surface area contributed by atoms with Gasteiger partial charge in [-0.15, -0.1) is 0 Å². The van der Waals surface area contributed by atoms with E-state index < -0.39 is 11.9 Å². The quantitative estimate of drug-likeness (QED) is 0.662. The average molecular weight is 287 g/mol. The number of hydroxylamine groups is 1. The first-order chi connectivity index (χ1) is 10.1. The SMILES string of the molecule is COC(=O)c1ccc(C(=O)NOc2ccccc2)c(O)c1. The second kappa shape index (κ2) is 6.42. The number of hydrogen-bond acceptors (Lipinski definition) is 5. The third-order valence-electron chi connectivity index (χ3n) is 2.67. The van der Waals surface area contributed by atoms with E-state index in [0.717, 1.165) is 6.07 Å². The van der Waals surface area contributed by atoms with Crippen molar-refractivity contribution in [3.05, 3.63) is 59.7 Å². The van der Waals surface area contributed by atoms with Gasteiger partial charge in [0.1, 0.15) is 5.75 Å². The van der Waals surface area contributed by atoms with Crippen molar-refractivity contribution < 1.29 is 24.3 Å². The number of carbonyl (C=O) groups is 2. The normalized spacial score (nSPS) is 9.76. The Kier molecular flexibility index (Phi) is 4.40. The molecule has 0 aliphatic rings. The maximum Gasteiger partial charge on any atom is 0.337 e. The van der Waals surface area contributed by atoms with E-state index >= 15 is 0 Å². The van der Waals surface area contributed by atoms with Crippen molar-refractivity contribution in [1.82, 2.24) is 5.48 Å². The number of ether oxygens (including phenoxy) is 1. The molecule has 21 heavy (non-hydrogen) atoms. The van der Waals surface area contributed by atoms with Crippen LogP contribution in [0.3, 0.4) is 0 Å². The van der Waals surface area contributed by atoms with Gasteiger partial charge in [0, 0.05) is 0 Å². The molecule has 2 aromatic rings. The lowest BCUT2D eigenvalue weighted by Crippen LogP contribution is -2.27. The number of phenols is 1. The van der Waals surface area contributed by atoms with E-state index in [1.807, 2.05) is 6.07 Å². The van der Waals surface area contributed by atoms with Crippen LogP contribution in [0.1, 0.15) is 20.7 Å². The number of benzene rings is 2. The van der Waals surface area contributed by atoms with Crippen LogP contribution in [0.5, 0.6) is 11.5 Å². The lowest BCUT2D eigenvalue weighted by Gasteiger charge is -2.08.